The number of hydrogen-bond acceptors (Lipinski definition) is 2. The lowest BCUT2D eigenvalue weighted by Crippen LogP contribution is -2.18. The van der Waals surface area contributed by atoms with Crippen molar-refractivity contribution in [1.82, 2.24) is 0 Å². The second-order valence-corrected chi connectivity index (χ2v) is 6.41. The zero-order valence-corrected chi connectivity index (χ0v) is 11.5. The van der Waals surface area contributed by atoms with Crippen LogP contribution in [0.1, 0.15) is 53.4 Å². The van der Waals surface area contributed by atoms with Crippen molar-refractivity contribution in [2.24, 2.45) is 17.3 Å². The van der Waals surface area contributed by atoms with E-state index < -0.39 is 0 Å². The van der Waals surface area contributed by atoms with Gasteiger partial charge in [0.15, 0.2) is 0 Å². The third-order valence-electron chi connectivity index (χ3n) is 4.26. The van der Waals surface area contributed by atoms with Crippen molar-refractivity contribution in [3.8, 4) is 0 Å². The van der Waals surface area contributed by atoms with Crippen molar-refractivity contribution in [2.45, 2.75) is 59.5 Å². The Morgan fingerprint density at radius 1 is 1.24 bits per heavy atom. The van der Waals surface area contributed by atoms with Crippen LogP contribution < -0.4 is 0 Å². The minimum Gasteiger partial charge on any atom is -0.462 e. The Morgan fingerprint density at radius 3 is 2.35 bits per heavy atom. The summed E-state index contributed by atoms with van der Waals surface area (Å²) < 4.78 is 5.61. The number of carbonyl (C=O) groups excluding carboxylic acids is 1. The van der Waals surface area contributed by atoms with E-state index in [2.05, 4.69) is 33.8 Å². The third kappa shape index (κ3) is 2.56. The Morgan fingerprint density at radius 2 is 1.82 bits per heavy atom. The number of allylic oxidation sites excluding steroid dienone is 2. The van der Waals surface area contributed by atoms with E-state index in [0.717, 1.165) is 12.8 Å². The van der Waals surface area contributed by atoms with Gasteiger partial charge < -0.3 is 4.74 Å². The van der Waals surface area contributed by atoms with Crippen LogP contribution in [0.25, 0.3) is 0 Å². The molecule has 0 aliphatic heterocycles. The molecule has 0 N–H and O–H groups in total. The molecule has 17 heavy (non-hydrogen) atoms. The van der Waals surface area contributed by atoms with Gasteiger partial charge in [-0.2, -0.15) is 0 Å². The van der Waals surface area contributed by atoms with Crippen LogP contribution in [0.15, 0.2) is 11.6 Å². The monoisotopic (exact) mass is 236 g/mol. The van der Waals surface area contributed by atoms with E-state index in [1.54, 1.807) is 0 Å². The molecule has 2 fully saturated rings. The van der Waals surface area contributed by atoms with Gasteiger partial charge >= 0.3 is 5.97 Å². The molecule has 2 heteroatoms. The van der Waals surface area contributed by atoms with Crippen LogP contribution in [0.2, 0.25) is 0 Å². The summed E-state index contributed by atoms with van der Waals surface area (Å²) in [7, 11) is 0. The van der Waals surface area contributed by atoms with Crippen LogP contribution in [-0.4, -0.2) is 12.1 Å². The van der Waals surface area contributed by atoms with Gasteiger partial charge in [-0.05, 0) is 50.9 Å². The van der Waals surface area contributed by atoms with Crippen LogP contribution in [0.5, 0.6) is 0 Å². The summed E-state index contributed by atoms with van der Waals surface area (Å²) in [5.74, 6) is 0.490. The van der Waals surface area contributed by atoms with Gasteiger partial charge in [-0.15, -0.1) is 0 Å². The smallest absolute Gasteiger partial charge is 0.310 e. The van der Waals surface area contributed by atoms with Crippen molar-refractivity contribution in [1.29, 1.82) is 0 Å². The first kappa shape index (κ1) is 12.7. The minimum absolute atomic E-state index is 0.0319. The van der Waals surface area contributed by atoms with Crippen molar-refractivity contribution >= 4 is 5.97 Å². The second-order valence-electron chi connectivity index (χ2n) is 6.41. The molecule has 96 valence electrons. The molecule has 0 unspecified atom stereocenters. The topological polar surface area (TPSA) is 26.3 Å². The summed E-state index contributed by atoms with van der Waals surface area (Å²) in [6, 6.07) is 0. The lowest BCUT2D eigenvalue weighted by atomic mass is 10.1. The molecule has 2 rings (SSSR count). The third-order valence-corrected chi connectivity index (χ3v) is 4.26. The molecule has 0 aromatic heterocycles. The summed E-state index contributed by atoms with van der Waals surface area (Å²) in [5.41, 5.74) is 1.38. The number of esters is 1. The van der Waals surface area contributed by atoms with Gasteiger partial charge in [0.1, 0.15) is 6.10 Å². The summed E-state index contributed by atoms with van der Waals surface area (Å²) in [5, 5.41) is 0. The van der Waals surface area contributed by atoms with Crippen LogP contribution in [-0.2, 0) is 9.53 Å². The molecular formula is C15H24O2. The molecule has 2 nitrogen and oxygen atoms in total. The van der Waals surface area contributed by atoms with Crippen LogP contribution >= 0.6 is 0 Å². The lowest BCUT2D eigenvalue weighted by Gasteiger charge is -2.11. The summed E-state index contributed by atoms with van der Waals surface area (Å²) in [6.07, 6.45) is 6.97. The average molecular weight is 236 g/mol. The van der Waals surface area contributed by atoms with E-state index in [-0.39, 0.29) is 23.4 Å². The van der Waals surface area contributed by atoms with E-state index in [0.29, 0.717) is 5.92 Å². The first-order chi connectivity index (χ1) is 7.93. The molecule has 0 saturated heterocycles. The number of hydrogen-bond donors (Lipinski definition) is 0. The Labute approximate surface area is 104 Å². The highest BCUT2D eigenvalue weighted by atomic mass is 16.5. The molecule has 0 heterocycles. The highest BCUT2D eigenvalue weighted by molar-refractivity contribution is 5.78. The maximum absolute atomic E-state index is 12.1. The normalized spacial score (nSPS) is 31.1. The predicted octanol–water partition coefficient (Wildman–Crippen LogP) is 3.71. The van der Waals surface area contributed by atoms with E-state index >= 15 is 0 Å². The van der Waals surface area contributed by atoms with Gasteiger partial charge in [0.2, 0.25) is 0 Å². The highest BCUT2D eigenvalue weighted by Crippen LogP contribution is 2.60. The van der Waals surface area contributed by atoms with E-state index in [9.17, 15) is 4.79 Å². The Kier molecular flexibility index (Phi) is 3.33. The molecule has 2 saturated carbocycles. The van der Waals surface area contributed by atoms with Crippen molar-refractivity contribution in [2.75, 3.05) is 0 Å². The maximum Gasteiger partial charge on any atom is 0.310 e. The SMILES string of the molecule is CC(C)=C[C@@H]1[C@@H](C(=O)OC2CCCC2)C1(C)C. The first-order valence-corrected chi connectivity index (χ1v) is 6.78. The van der Waals surface area contributed by atoms with Gasteiger partial charge in [0.25, 0.3) is 0 Å². The highest BCUT2D eigenvalue weighted by Gasteiger charge is 2.61. The van der Waals surface area contributed by atoms with Gasteiger partial charge in [-0.3, -0.25) is 4.79 Å². The Bertz CT molecular complexity index is 331. The van der Waals surface area contributed by atoms with Gasteiger partial charge in [0.05, 0.1) is 5.92 Å². The molecule has 0 spiro atoms. The summed E-state index contributed by atoms with van der Waals surface area (Å²) in [4.78, 5) is 12.1. The largest absolute Gasteiger partial charge is 0.462 e. The molecule has 0 bridgehead atoms. The molecule has 2 aliphatic rings. The summed E-state index contributed by atoms with van der Waals surface area (Å²) in [6.45, 7) is 8.51. The van der Waals surface area contributed by atoms with Crippen LogP contribution in [0.4, 0.5) is 0 Å². The van der Waals surface area contributed by atoms with E-state index in [1.165, 1.54) is 18.4 Å². The van der Waals surface area contributed by atoms with E-state index in [1.807, 2.05) is 0 Å². The molecular weight excluding hydrogens is 212 g/mol. The van der Waals surface area contributed by atoms with Crippen molar-refractivity contribution in [3.63, 3.8) is 0 Å². The fourth-order valence-corrected chi connectivity index (χ4v) is 3.04. The molecule has 2 atom stereocenters. The van der Waals surface area contributed by atoms with Gasteiger partial charge in [-0.25, -0.2) is 0 Å². The number of carbonyl (C=O) groups is 1. The number of rotatable bonds is 3. The van der Waals surface area contributed by atoms with Crippen molar-refractivity contribution in [3.05, 3.63) is 11.6 Å². The van der Waals surface area contributed by atoms with Gasteiger partial charge in [0, 0.05) is 0 Å². The van der Waals surface area contributed by atoms with Gasteiger partial charge in [-0.1, -0.05) is 25.5 Å². The number of ether oxygens (including phenoxy) is 1. The molecule has 2 aliphatic carbocycles. The molecule has 0 radical (unpaired) electrons. The molecule has 0 aromatic rings. The predicted molar refractivity (Wildman–Crippen MR) is 68.5 cm³/mol. The standard InChI is InChI=1S/C15H24O2/c1-10(2)9-12-13(15(12,3)4)14(16)17-11-7-5-6-8-11/h9,11-13H,5-8H2,1-4H3/t12-,13+/m1/s1. The van der Waals surface area contributed by atoms with E-state index in [4.69, 9.17) is 4.74 Å². The minimum atomic E-state index is 0.0319. The van der Waals surface area contributed by atoms with Crippen molar-refractivity contribution < 1.29 is 9.53 Å². The second kappa shape index (κ2) is 4.47. The Hall–Kier alpha value is -0.790. The fourth-order valence-electron chi connectivity index (χ4n) is 3.04. The van der Waals surface area contributed by atoms with Crippen LogP contribution in [0, 0.1) is 17.3 Å². The zero-order chi connectivity index (χ0) is 12.6. The Balaban J connectivity index is 1.94. The molecule has 0 aromatic carbocycles. The average Bonchev–Trinajstić information content (AvgIpc) is 2.64. The lowest BCUT2D eigenvalue weighted by molar-refractivity contribution is -0.151. The quantitative estimate of drug-likeness (QED) is 0.551. The fraction of sp³-hybridized carbons (Fsp3) is 0.800. The maximum atomic E-state index is 12.1. The summed E-state index contributed by atoms with van der Waals surface area (Å²) >= 11 is 0. The van der Waals surface area contributed by atoms with Crippen LogP contribution in [0.3, 0.4) is 0 Å². The molecule has 0 amide bonds. The zero-order valence-electron chi connectivity index (χ0n) is 11.5. The first-order valence-electron chi connectivity index (χ1n) is 6.78.